The van der Waals surface area contributed by atoms with Gasteiger partial charge in [-0.3, -0.25) is 0 Å². The molecule has 0 saturated heterocycles. The summed E-state index contributed by atoms with van der Waals surface area (Å²) in [7, 11) is 2.35. The summed E-state index contributed by atoms with van der Waals surface area (Å²) >= 11 is 0. The number of rotatable bonds is 9. The Morgan fingerprint density at radius 3 is 2.07 bits per heavy atom. The van der Waals surface area contributed by atoms with E-state index in [1.807, 2.05) is 0 Å². The van der Waals surface area contributed by atoms with E-state index in [1.165, 1.54) is 0 Å². The van der Waals surface area contributed by atoms with Crippen LogP contribution >= 0.6 is 0 Å². The van der Waals surface area contributed by atoms with Crippen LogP contribution in [0, 0.1) is 0 Å². The summed E-state index contributed by atoms with van der Waals surface area (Å²) in [5.74, 6) is 0. The zero-order chi connectivity index (χ0) is 11.7. The SMILES string of the molecule is CCC(NCCCN)[Si](OC)(OC)OC. The fourth-order valence-corrected chi connectivity index (χ4v) is 3.82. The molecule has 0 aromatic rings. The van der Waals surface area contributed by atoms with Gasteiger partial charge < -0.3 is 24.3 Å². The minimum Gasteiger partial charge on any atom is -0.376 e. The number of nitrogens with two attached hydrogens (primary N) is 1. The van der Waals surface area contributed by atoms with E-state index in [0.29, 0.717) is 6.54 Å². The molecule has 0 aliphatic carbocycles. The van der Waals surface area contributed by atoms with Crippen molar-refractivity contribution in [1.82, 2.24) is 5.32 Å². The van der Waals surface area contributed by atoms with Gasteiger partial charge in [0, 0.05) is 21.3 Å². The molecule has 0 radical (unpaired) electrons. The second-order valence-corrected chi connectivity index (χ2v) is 6.40. The molecule has 0 spiro atoms. The van der Waals surface area contributed by atoms with E-state index in [4.69, 9.17) is 19.0 Å². The van der Waals surface area contributed by atoms with E-state index in [1.54, 1.807) is 21.3 Å². The highest BCUT2D eigenvalue weighted by molar-refractivity contribution is 6.62. The second kappa shape index (κ2) is 8.20. The summed E-state index contributed by atoms with van der Waals surface area (Å²) in [5, 5.41) is 3.37. The molecule has 0 bridgehead atoms. The van der Waals surface area contributed by atoms with E-state index >= 15 is 0 Å². The number of hydrogen-bond acceptors (Lipinski definition) is 5. The second-order valence-electron chi connectivity index (χ2n) is 3.27. The molecule has 1 unspecified atom stereocenters. The van der Waals surface area contributed by atoms with Crippen molar-refractivity contribution < 1.29 is 13.3 Å². The molecule has 3 N–H and O–H groups in total. The number of nitrogens with one attached hydrogen (secondary N) is 1. The standard InChI is InChI=1S/C9H24N2O3Si/c1-5-9(11-8-6-7-10)15(12-2,13-3)14-4/h9,11H,5-8,10H2,1-4H3. The lowest BCUT2D eigenvalue weighted by atomic mass is 10.4. The first-order valence-corrected chi connectivity index (χ1v) is 7.09. The van der Waals surface area contributed by atoms with E-state index < -0.39 is 8.80 Å². The Labute approximate surface area is 93.6 Å². The number of hydrogen-bond donors (Lipinski definition) is 2. The van der Waals surface area contributed by atoms with Crippen LogP contribution < -0.4 is 11.1 Å². The predicted molar refractivity (Wildman–Crippen MR) is 62.5 cm³/mol. The van der Waals surface area contributed by atoms with Gasteiger partial charge in [0.1, 0.15) is 0 Å². The van der Waals surface area contributed by atoms with Gasteiger partial charge in [-0.05, 0) is 25.9 Å². The van der Waals surface area contributed by atoms with Crippen LogP contribution in [0.4, 0.5) is 0 Å². The smallest absolute Gasteiger partial charge is 0.376 e. The van der Waals surface area contributed by atoms with Crippen LogP contribution in [-0.4, -0.2) is 48.9 Å². The fourth-order valence-electron chi connectivity index (χ4n) is 1.57. The van der Waals surface area contributed by atoms with Crippen LogP contribution in [-0.2, 0) is 13.3 Å². The Hall–Kier alpha value is 0.0169. The van der Waals surface area contributed by atoms with E-state index in [0.717, 1.165) is 19.4 Å². The first-order chi connectivity index (χ1) is 7.20. The summed E-state index contributed by atoms with van der Waals surface area (Å²) in [6.45, 7) is 3.63. The van der Waals surface area contributed by atoms with E-state index in [9.17, 15) is 0 Å². The van der Waals surface area contributed by atoms with Crippen molar-refractivity contribution in [3.05, 3.63) is 0 Å². The summed E-state index contributed by atoms with van der Waals surface area (Å²) < 4.78 is 16.3. The van der Waals surface area contributed by atoms with Crippen molar-refractivity contribution in [1.29, 1.82) is 0 Å². The maximum Gasteiger partial charge on any atom is 0.517 e. The molecular formula is C9H24N2O3Si. The average Bonchev–Trinajstić information content (AvgIpc) is 2.29. The molecule has 0 aromatic heterocycles. The molecular weight excluding hydrogens is 212 g/mol. The molecule has 92 valence electrons. The lowest BCUT2D eigenvalue weighted by Crippen LogP contribution is -2.60. The quantitative estimate of drug-likeness (QED) is 0.440. The third kappa shape index (κ3) is 4.18. The topological polar surface area (TPSA) is 65.7 Å². The van der Waals surface area contributed by atoms with E-state index in [-0.39, 0.29) is 5.67 Å². The van der Waals surface area contributed by atoms with Crippen molar-refractivity contribution >= 4 is 8.80 Å². The molecule has 0 heterocycles. The molecule has 0 fully saturated rings. The molecule has 0 aromatic carbocycles. The maximum atomic E-state index is 5.44. The van der Waals surface area contributed by atoms with Crippen molar-refractivity contribution in [2.75, 3.05) is 34.4 Å². The zero-order valence-electron chi connectivity index (χ0n) is 10.2. The molecule has 15 heavy (non-hydrogen) atoms. The Bertz CT molecular complexity index is 148. The van der Waals surface area contributed by atoms with Gasteiger partial charge >= 0.3 is 8.80 Å². The Morgan fingerprint density at radius 2 is 1.73 bits per heavy atom. The fraction of sp³-hybridized carbons (Fsp3) is 1.00. The largest absolute Gasteiger partial charge is 0.517 e. The molecule has 0 aliphatic heterocycles. The summed E-state index contributed by atoms with van der Waals surface area (Å²) in [4.78, 5) is 0. The molecule has 5 nitrogen and oxygen atoms in total. The van der Waals surface area contributed by atoms with Gasteiger partial charge in [0.25, 0.3) is 0 Å². The van der Waals surface area contributed by atoms with Gasteiger partial charge in [-0.25, -0.2) is 0 Å². The molecule has 0 aliphatic rings. The lowest BCUT2D eigenvalue weighted by Gasteiger charge is -2.32. The monoisotopic (exact) mass is 236 g/mol. The van der Waals surface area contributed by atoms with Crippen LogP contribution in [0.2, 0.25) is 0 Å². The summed E-state index contributed by atoms with van der Waals surface area (Å²) in [6.07, 6.45) is 1.85. The highest BCUT2D eigenvalue weighted by Gasteiger charge is 2.46. The Kier molecular flexibility index (Phi) is 8.21. The summed E-state index contributed by atoms with van der Waals surface area (Å²) in [5.41, 5.74) is 5.57. The Morgan fingerprint density at radius 1 is 1.20 bits per heavy atom. The normalized spacial score (nSPS) is 14.2. The van der Waals surface area contributed by atoms with Crippen molar-refractivity contribution in [3.8, 4) is 0 Å². The van der Waals surface area contributed by atoms with Crippen LogP contribution in [0.3, 0.4) is 0 Å². The van der Waals surface area contributed by atoms with Crippen molar-refractivity contribution in [2.45, 2.75) is 25.4 Å². The predicted octanol–water partition coefficient (Wildman–Crippen LogP) is 0.121. The molecule has 0 saturated carbocycles. The molecule has 6 heteroatoms. The highest BCUT2D eigenvalue weighted by Crippen LogP contribution is 2.14. The van der Waals surface area contributed by atoms with Crippen LogP contribution in [0.5, 0.6) is 0 Å². The molecule has 0 amide bonds. The van der Waals surface area contributed by atoms with Gasteiger partial charge in [0.05, 0.1) is 5.67 Å². The third-order valence-electron chi connectivity index (χ3n) is 2.46. The first kappa shape index (κ1) is 15.0. The molecule has 1 atom stereocenters. The lowest BCUT2D eigenvalue weighted by molar-refractivity contribution is 0.106. The van der Waals surface area contributed by atoms with E-state index in [2.05, 4.69) is 12.2 Å². The minimum absolute atomic E-state index is 0.129. The van der Waals surface area contributed by atoms with Gasteiger partial charge in [-0.1, -0.05) is 6.92 Å². The Balaban J connectivity index is 4.31. The van der Waals surface area contributed by atoms with Crippen molar-refractivity contribution in [3.63, 3.8) is 0 Å². The van der Waals surface area contributed by atoms with Gasteiger partial charge in [-0.15, -0.1) is 0 Å². The summed E-state index contributed by atoms with van der Waals surface area (Å²) in [6, 6.07) is 0. The van der Waals surface area contributed by atoms with Gasteiger partial charge in [0.15, 0.2) is 0 Å². The van der Waals surface area contributed by atoms with Crippen molar-refractivity contribution in [2.24, 2.45) is 5.73 Å². The van der Waals surface area contributed by atoms with Crippen LogP contribution in [0.15, 0.2) is 0 Å². The highest BCUT2D eigenvalue weighted by atomic mass is 28.4. The third-order valence-corrected chi connectivity index (χ3v) is 5.63. The average molecular weight is 236 g/mol. The van der Waals surface area contributed by atoms with Gasteiger partial charge in [-0.2, -0.15) is 0 Å². The maximum absolute atomic E-state index is 5.44. The zero-order valence-corrected chi connectivity index (χ0v) is 11.2. The molecule has 0 rings (SSSR count). The van der Waals surface area contributed by atoms with Crippen LogP contribution in [0.25, 0.3) is 0 Å². The minimum atomic E-state index is -2.55. The van der Waals surface area contributed by atoms with Gasteiger partial charge in [0.2, 0.25) is 0 Å². The first-order valence-electron chi connectivity index (χ1n) is 5.29. The van der Waals surface area contributed by atoms with Crippen LogP contribution in [0.1, 0.15) is 19.8 Å².